The number of nitrogens with one attached hydrogen (secondary N) is 1. The SMILES string of the molecule is CC1CC(C)(C)CCC1NC1CCN2CCCC2C1. The van der Waals surface area contributed by atoms with Gasteiger partial charge in [0.05, 0.1) is 0 Å². The third-order valence-electron chi connectivity index (χ3n) is 5.96. The summed E-state index contributed by atoms with van der Waals surface area (Å²) in [5.41, 5.74) is 0.576. The van der Waals surface area contributed by atoms with Crippen molar-refractivity contribution in [1.29, 1.82) is 0 Å². The second-order valence-corrected chi connectivity index (χ2v) is 8.21. The van der Waals surface area contributed by atoms with Crippen LogP contribution in [0.3, 0.4) is 0 Å². The predicted molar refractivity (Wildman–Crippen MR) is 81.3 cm³/mol. The highest BCUT2D eigenvalue weighted by Crippen LogP contribution is 2.39. The van der Waals surface area contributed by atoms with E-state index in [-0.39, 0.29) is 0 Å². The number of fused-ring (bicyclic) bond motifs is 1. The van der Waals surface area contributed by atoms with Gasteiger partial charge in [-0.15, -0.1) is 0 Å². The number of hydrogen-bond acceptors (Lipinski definition) is 2. The van der Waals surface area contributed by atoms with E-state index in [0.717, 1.165) is 24.0 Å². The molecule has 2 saturated heterocycles. The summed E-state index contributed by atoms with van der Waals surface area (Å²) in [6.07, 6.45) is 9.86. The van der Waals surface area contributed by atoms with Gasteiger partial charge in [-0.1, -0.05) is 20.8 Å². The van der Waals surface area contributed by atoms with Crippen molar-refractivity contribution < 1.29 is 0 Å². The zero-order valence-corrected chi connectivity index (χ0v) is 13.1. The minimum Gasteiger partial charge on any atom is -0.311 e. The fraction of sp³-hybridized carbons (Fsp3) is 1.00. The number of nitrogens with zero attached hydrogens (tertiary/aromatic N) is 1. The molecular weight excluding hydrogens is 232 g/mol. The van der Waals surface area contributed by atoms with Gasteiger partial charge in [-0.05, 0) is 69.4 Å². The molecule has 3 rings (SSSR count). The molecule has 19 heavy (non-hydrogen) atoms. The van der Waals surface area contributed by atoms with Crippen molar-refractivity contribution in [3.8, 4) is 0 Å². The third-order valence-corrected chi connectivity index (χ3v) is 5.96. The fourth-order valence-corrected chi connectivity index (χ4v) is 4.87. The molecule has 4 atom stereocenters. The van der Waals surface area contributed by atoms with Gasteiger partial charge in [-0.2, -0.15) is 0 Å². The molecule has 3 aliphatic rings. The van der Waals surface area contributed by atoms with E-state index in [0.29, 0.717) is 5.41 Å². The number of rotatable bonds is 2. The van der Waals surface area contributed by atoms with Gasteiger partial charge in [0.15, 0.2) is 0 Å². The summed E-state index contributed by atoms with van der Waals surface area (Å²) in [5.74, 6) is 0.852. The van der Waals surface area contributed by atoms with E-state index in [4.69, 9.17) is 0 Å². The largest absolute Gasteiger partial charge is 0.311 e. The lowest BCUT2D eigenvalue weighted by Gasteiger charge is -2.43. The van der Waals surface area contributed by atoms with Gasteiger partial charge < -0.3 is 10.2 Å². The molecule has 0 aromatic rings. The topological polar surface area (TPSA) is 15.3 Å². The van der Waals surface area contributed by atoms with Crippen molar-refractivity contribution in [3.63, 3.8) is 0 Å². The van der Waals surface area contributed by atoms with Gasteiger partial charge >= 0.3 is 0 Å². The molecule has 2 nitrogen and oxygen atoms in total. The molecule has 0 aromatic heterocycles. The molecule has 3 fully saturated rings. The predicted octanol–water partition coefficient (Wildman–Crippen LogP) is 3.42. The highest BCUT2D eigenvalue weighted by molar-refractivity contribution is 4.93. The van der Waals surface area contributed by atoms with Crippen LogP contribution in [-0.2, 0) is 0 Å². The number of piperidine rings is 1. The Bertz CT molecular complexity index is 312. The van der Waals surface area contributed by atoms with Crippen LogP contribution in [0, 0.1) is 11.3 Å². The first kappa shape index (κ1) is 13.9. The Balaban J connectivity index is 1.51. The molecule has 1 saturated carbocycles. The highest BCUT2D eigenvalue weighted by atomic mass is 15.2. The summed E-state index contributed by atoms with van der Waals surface area (Å²) >= 11 is 0. The maximum atomic E-state index is 4.03. The van der Waals surface area contributed by atoms with E-state index in [1.54, 1.807) is 0 Å². The Morgan fingerprint density at radius 2 is 1.95 bits per heavy atom. The lowest BCUT2D eigenvalue weighted by Crippen LogP contribution is -2.51. The Hall–Kier alpha value is -0.0800. The first-order valence-corrected chi connectivity index (χ1v) is 8.54. The number of hydrogen-bond donors (Lipinski definition) is 1. The van der Waals surface area contributed by atoms with E-state index in [1.807, 2.05) is 0 Å². The van der Waals surface area contributed by atoms with Gasteiger partial charge in [0.1, 0.15) is 0 Å². The van der Waals surface area contributed by atoms with Gasteiger partial charge in [-0.25, -0.2) is 0 Å². The standard InChI is InChI=1S/C17H32N2/c1-13-12-17(2,3)8-6-16(13)18-14-7-10-19-9-4-5-15(19)11-14/h13-16,18H,4-12H2,1-3H3. The molecule has 2 aliphatic heterocycles. The van der Waals surface area contributed by atoms with Crippen LogP contribution in [0.5, 0.6) is 0 Å². The minimum atomic E-state index is 0.576. The summed E-state index contributed by atoms with van der Waals surface area (Å²) in [4.78, 5) is 2.73. The normalized spacial score (nSPS) is 43.1. The van der Waals surface area contributed by atoms with E-state index in [1.165, 1.54) is 58.0 Å². The second-order valence-electron chi connectivity index (χ2n) is 8.21. The minimum absolute atomic E-state index is 0.576. The van der Waals surface area contributed by atoms with E-state index >= 15 is 0 Å². The second kappa shape index (κ2) is 5.37. The summed E-state index contributed by atoms with van der Waals surface area (Å²) in [5, 5.41) is 4.03. The summed E-state index contributed by atoms with van der Waals surface area (Å²) in [6.45, 7) is 10.1. The molecule has 1 N–H and O–H groups in total. The molecule has 1 aliphatic carbocycles. The van der Waals surface area contributed by atoms with Crippen LogP contribution >= 0.6 is 0 Å². The molecule has 110 valence electrons. The molecule has 2 heteroatoms. The summed E-state index contributed by atoms with van der Waals surface area (Å²) in [6, 6.07) is 2.49. The lowest BCUT2D eigenvalue weighted by molar-refractivity contribution is 0.113. The van der Waals surface area contributed by atoms with E-state index in [2.05, 4.69) is 31.0 Å². The first-order valence-electron chi connectivity index (χ1n) is 8.54. The maximum absolute atomic E-state index is 4.03. The van der Waals surface area contributed by atoms with Crippen LogP contribution in [0.15, 0.2) is 0 Å². The lowest BCUT2D eigenvalue weighted by atomic mass is 9.70. The molecule has 4 unspecified atom stereocenters. The maximum Gasteiger partial charge on any atom is 0.0111 e. The smallest absolute Gasteiger partial charge is 0.0111 e. The Morgan fingerprint density at radius 1 is 1.11 bits per heavy atom. The Kier molecular flexibility index (Phi) is 3.92. The van der Waals surface area contributed by atoms with Crippen molar-refractivity contribution in [3.05, 3.63) is 0 Å². The van der Waals surface area contributed by atoms with Crippen molar-refractivity contribution in [2.75, 3.05) is 13.1 Å². The van der Waals surface area contributed by atoms with Crippen molar-refractivity contribution in [2.24, 2.45) is 11.3 Å². The molecular formula is C17H32N2. The van der Waals surface area contributed by atoms with Gasteiger partial charge in [0, 0.05) is 18.1 Å². The van der Waals surface area contributed by atoms with Crippen molar-refractivity contribution >= 4 is 0 Å². The van der Waals surface area contributed by atoms with Gasteiger partial charge in [0.2, 0.25) is 0 Å². The fourth-order valence-electron chi connectivity index (χ4n) is 4.87. The molecule has 0 spiro atoms. The quantitative estimate of drug-likeness (QED) is 0.822. The summed E-state index contributed by atoms with van der Waals surface area (Å²) < 4.78 is 0. The average Bonchev–Trinajstić information content (AvgIpc) is 2.79. The van der Waals surface area contributed by atoms with Crippen molar-refractivity contribution in [1.82, 2.24) is 10.2 Å². The average molecular weight is 264 g/mol. The van der Waals surface area contributed by atoms with E-state index in [9.17, 15) is 0 Å². The molecule has 2 heterocycles. The van der Waals surface area contributed by atoms with Gasteiger partial charge in [0.25, 0.3) is 0 Å². The molecule has 0 bridgehead atoms. The third kappa shape index (κ3) is 3.16. The van der Waals surface area contributed by atoms with Crippen LogP contribution in [0.4, 0.5) is 0 Å². The summed E-state index contributed by atoms with van der Waals surface area (Å²) in [7, 11) is 0. The molecule has 0 amide bonds. The van der Waals surface area contributed by atoms with Crippen LogP contribution in [0.2, 0.25) is 0 Å². The monoisotopic (exact) mass is 264 g/mol. The van der Waals surface area contributed by atoms with Crippen LogP contribution in [-0.4, -0.2) is 36.1 Å². The Labute approximate surface area is 119 Å². The van der Waals surface area contributed by atoms with Crippen LogP contribution in [0.25, 0.3) is 0 Å². The van der Waals surface area contributed by atoms with Crippen molar-refractivity contribution in [2.45, 2.75) is 83.8 Å². The highest BCUT2D eigenvalue weighted by Gasteiger charge is 2.36. The van der Waals surface area contributed by atoms with Crippen LogP contribution in [0.1, 0.15) is 65.7 Å². The molecule has 0 radical (unpaired) electrons. The Morgan fingerprint density at radius 3 is 2.74 bits per heavy atom. The zero-order chi connectivity index (χ0) is 13.5. The van der Waals surface area contributed by atoms with E-state index < -0.39 is 0 Å². The zero-order valence-electron chi connectivity index (χ0n) is 13.1. The molecule has 0 aromatic carbocycles. The van der Waals surface area contributed by atoms with Gasteiger partial charge in [-0.3, -0.25) is 0 Å². The first-order chi connectivity index (χ1) is 9.03. The van der Waals surface area contributed by atoms with Crippen LogP contribution < -0.4 is 5.32 Å².